The van der Waals surface area contributed by atoms with Gasteiger partial charge in [0, 0.05) is 13.1 Å². The van der Waals surface area contributed by atoms with Crippen molar-refractivity contribution in [3.05, 3.63) is 36.3 Å². The van der Waals surface area contributed by atoms with E-state index in [1.807, 2.05) is 31.2 Å². The molecule has 0 aliphatic carbocycles. The Bertz CT molecular complexity index is 364. The largest absolute Gasteiger partial charge is 0.501 e. The molecule has 0 radical (unpaired) electrons. The molecule has 1 fully saturated rings. The highest BCUT2D eigenvalue weighted by atomic mass is 16.5. The van der Waals surface area contributed by atoms with Crippen LogP contribution in [0.25, 0.3) is 0 Å². The van der Waals surface area contributed by atoms with E-state index in [1.54, 1.807) is 13.4 Å². The van der Waals surface area contributed by atoms with Crippen molar-refractivity contribution in [2.75, 3.05) is 26.7 Å². The van der Waals surface area contributed by atoms with Crippen LogP contribution in [0.4, 0.5) is 0 Å². The lowest BCUT2D eigenvalue weighted by atomic mass is 10.1. The van der Waals surface area contributed by atoms with Crippen molar-refractivity contribution in [1.29, 1.82) is 0 Å². The lowest BCUT2D eigenvalue weighted by molar-refractivity contribution is 0.0507. The van der Waals surface area contributed by atoms with Crippen LogP contribution in [0.2, 0.25) is 0 Å². The monoisotopic (exact) mass is 307 g/mol. The number of piperidine rings is 1. The Morgan fingerprint density at radius 3 is 2.55 bits per heavy atom. The van der Waals surface area contributed by atoms with Crippen LogP contribution in [0.3, 0.4) is 0 Å². The summed E-state index contributed by atoms with van der Waals surface area (Å²) in [7, 11) is 1.66. The van der Waals surface area contributed by atoms with Gasteiger partial charge in [0.25, 0.3) is 0 Å². The highest BCUT2D eigenvalue weighted by molar-refractivity contribution is 5.15. The molecule has 0 saturated carbocycles. The Labute approximate surface area is 136 Å². The fraction of sp³-hybridized carbons (Fsp3) is 0.684. The predicted octanol–water partition coefficient (Wildman–Crippen LogP) is 4.52. The van der Waals surface area contributed by atoms with Crippen molar-refractivity contribution in [1.82, 2.24) is 4.90 Å². The third-order valence-corrected chi connectivity index (χ3v) is 3.89. The quantitative estimate of drug-likeness (QED) is 0.461. The summed E-state index contributed by atoms with van der Waals surface area (Å²) in [4.78, 5) is 2.57. The van der Waals surface area contributed by atoms with Gasteiger partial charge in [-0.15, -0.1) is 0 Å². The summed E-state index contributed by atoms with van der Waals surface area (Å²) in [6.07, 6.45) is 14.7. The highest BCUT2D eigenvalue weighted by Gasteiger charge is 2.20. The maximum atomic E-state index is 6.06. The molecule has 1 aliphatic heterocycles. The predicted molar refractivity (Wildman–Crippen MR) is 93.7 cm³/mol. The van der Waals surface area contributed by atoms with Crippen LogP contribution in [-0.4, -0.2) is 37.7 Å². The van der Waals surface area contributed by atoms with E-state index in [2.05, 4.69) is 18.7 Å². The van der Waals surface area contributed by atoms with Crippen molar-refractivity contribution in [3.8, 4) is 0 Å². The van der Waals surface area contributed by atoms with E-state index in [0.29, 0.717) is 6.10 Å². The first kappa shape index (κ1) is 18.8. The molecule has 0 bridgehead atoms. The standard InChI is InChI=1S/C19H33NO2/c1-5-6-7-10-19(16-21-4)22-18-11-14-20(15-12-18)13-8-9-17(2)3/h5-7,10,16-18H,8-9,11-15H2,1-4H3/b6-5-,10-7-,19-16-. The van der Waals surface area contributed by atoms with Gasteiger partial charge in [-0.05, 0) is 51.1 Å². The molecule has 1 saturated heterocycles. The Hall–Kier alpha value is -1.22. The number of methoxy groups -OCH3 is 1. The molecule has 1 aliphatic rings. The molecular formula is C19H33NO2. The minimum atomic E-state index is 0.304. The minimum absolute atomic E-state index is 0.304. The molecular weight excluding hydrogens is 274 g/mol. The van der Waals surface area contributed by atoms with Crippen LogP contribution in [0.5, 0.6) is 0 Å². The number of rotatable bonds is 9. The van der Waals surface area contributed by atoms with E-state index in [0.717, 1.165) is 37.6 Å². The van der Waals surface area contributed by atoms with Crippen molar-refractivity contribution in [3.63, 3.8) is 0 Å². The summed E-state index contributed by atoms with van der Waals surface area (Å²) in [5.41, 5.74) is 0. The van der Waals surface area contributed by atoms with Gasteiger partial charge in [-0.2, -0.15) is 0 Å². The Kier molecular flexibility index (Phi) is 9.72. The molecule has 0 aromatic heterocycles. The van der Waals surface area contributed by atoms with Crippen LogP contribution in [0.1, 0.15) is 46.5 Å². The number of ether oxygens (including phenoxy) is 2. The third kappa shape index (κ3) is 8.28. The average molecular weight is 307 g/mol. The van der Waals surface area contributed by atoms with E-state index >= 15 is 0 Å². The molecule has 126 valence electrons. The zero-order valence-corrected chi connectivity index (χ0v) is 14.8. The summed E-state index contributed by atoms with van der Waals surface area (Å²) >= 11 is 0. The SMILES string of the molecule is C\C=C/C=C\C(=C\OC)OC1CCN(CCCC(C)C)CC1. The minimum Gasteiger partial charge on any atom is -0.501 e. The van der Waals surface area contributed by atoms with Gasteiger partial charge in [0.2, 0.25) is 0 Å². The molecule has 0 atom stereocenters. The normalized spacial score (nSPS) is 18.7. The van der Waals surface area contributed by atoms with Gasteiger partial charge in [0.1, 0.15) is 12.4 Å². The van der Waals surface area contributed by atoms with Crippen LogP contribution in [0, 0.1) is 5.92 Å². The summed E-state index contributed by atoms with van der Waals surface area (Å²) in [6, 6.07) is 0. The van der Waals surface area contributed by atoms with Crippen LogP contribution >= 0.6 is 0 Å². The summed E-state index contributed by atoms with van der Waals surface area (Å²) < 4.78 is 11.2. The fourth-order valence-corrected chi connectivity index (χ4v) is 2.65. The number of likely N-dealkylation sites (tertiary alicyclic amines) is 1. The van der Waals surface area contributed by atoms with Gasteiger partial charge in [-0.1, -0.05) is 32.1 Å². The van der Waals surface area contributed by atoms with E-state index in [1.165, 1.54) is 19.4 Å². The molecule has 0 N–H and O–H groups in total. The van der Waals surface area contributed by atoms with Crippen molar-refractivity contribution < 1.29 is 9.47 Å². The fourth-order valence-electron chi connectivity index (χ4n) is 2.65. The van der Waals surface area contributed by atoms with Gasteiger partial charge in [0.15, 0.2) is 5.76 Å². The summed E-state index contributed by atoms with van der Waals surface area (Å²) in [5.74, 6) is 1.62. The topological polar surface area (TPSA) is 21.7 Å². The molecule has 0 unspecified atom stereocenters. The first-order valence-corrected chi connectivity index (χ1v) is 8.57. The number of hydrogen-bond acceptors (Lipinski definition) is 3. The smallest absolute Gasteiger partial charge is 0.154 e. The molecule has 0 aromatic carbocycles. The maximum absolute atomic E-state index is 6.06. The molecule has 0 amide bonds. The van der Waals surface area contributed by atoms with Crippen LogP contribution in [-0.2, 0) is 9.47 Å². The van der Waals surface area contributed by atoms with E-state index in [4.69, 9.17) is 9.47 Å². The molecule has 22 heavy (non-hydrogen) atoms. The highest BCUT2D eigenvalue weighted by Crippen LogP contribution is 2.18. The average Bonchev–Trinajstić information content (AvgIpc) is 2.49. The number of nitrogens with zero attached hydrogens (tertiary/aromatic N) is 1. The second-order valence-corrected chi connectivity index (χ2v) is 6.34. The molecule has 3 nitrogen and oxygen atoms in total. The first-order chi connectivity index (χ1) is 10.7. The van der Waals surface area contributed by atoms with Crippen LogP contribution in [0.15, 0.2) is 36.3 Å². The zero-order valence-electron chi connectivity index (χ0n) is 14.8. The summed E-state index contributed by atoms with van der Waals surface area (Å²) in [6.45, 7) is 10.1. The zero-order chi connectivity index (χ0) is 16.2. The van der Waals surface area contributed by atoms with Gasteiger partial charge in [0.05, 0.1) is 7.11 Å². The molecule has 1 heterocycles. The molecule has 3 heteroatoms. The number of hydrogen-bond donors (Lipinski definition) is 0. The van der Waals surface area contributed by atoms with Gasteiger partial charge < -0.3 is 14.4 Å². The lowest BCUT2D eigenvalue weighted by Crippen LogP contribution is -2.37. The van der Waals surface area contributed by atoms with Gasteiger partial charge >= 0.3 is 0 Å². The number of allylic oxidation sites excluding steroid dienone is 4. The van der Waals surface area contributed by atoms with E-state index in [9.17, 15) is 0 Å². The van der Waals surface area contributed by atoms with E-state index < -0.39 is 0 Å². The first-order valence-electron chi connectivity index (χ1n) is 8.57. The molecule has 0 aromatic rings. The summed E-state index contributed by atoms with van der Waals surface area (Å²) in [5, 5.41) is 0. The maximum Gasteiger partial charge on any atom is 0.154 e. The van der Waals surface area contributed by atoms with Gasteiger partial charge in [-0.25, -0.2) is 0 Å². The Balaban J connectivity index is 2.32. The second-order valence-electron chi connectivity index (χ2n) is 6.34. The van der Waals surface area contributed by atoms with E-state index in [-0.39, 0.29) is 0 Å². The van der Waals surface area contributed by atoms with Crippen molar-refractivity contribution in [2.45, 2.75) is 52.6 Å². The third-order valence-electron chi connectivity index (χ3n) is 3.89. The van der Waals surface area contributed by atoms with Gasteiger partial charge in [-0.3, -0.25) is 0 Å². The van der Waals surface area contributed by atoms with Crippen LogP contribution < -0.4 is 0 Å². The Morgan fingerprint density at radius 1 is 1.23 bits per heavy atom. The van der Waals surface area contributed by atoms with Crippen molar-refractivity contribution in [2.24, 2.45) is 5.92 Å². The molecule has 1 rings (SSSR count). The van der Waals surface area contributed by atoms with Crippen molar-refractivity contribution >= 4 is 0 Å². The Morgan fingerprint density at radius 2 is 1.95 bits per heavy atom. The molecule has 0 spiro atoms. The second kappa shape index (κ2) is 11.4. The lowest BCUT2D eigenvalue weighted by Gasteiger charge is -2.32.